The Morgan fingerprint density at radius 2 is 1.83 bits per heavy atom. The lowest BCUT2D eigenvalue weighted by Crippen LogP contribution is -2.40. The Bertz CT molecular complexity index is 507. The first-order chi connectivity index (χ1) is 8.25. The van der Waals surface area contributed by atoms with Gasteiger partial charge in [-0.2, -0.15) is 0 Å². The first-order valence-electron chi connectivity index (χ1n) is 4.90. The van der Waals surface area contributed by atoms with Crippen LogP contribution < -0.4 is 0 Å². The molecule has 0 bridgehead atoms. The van der Waals surface area contributed by atoms with Crippen LogP contribution in [0.1, 0.15) is 17.3 Å². The molecule has 1 N–H and O–H groups in total. The van der Waals surface area contributed by atoms with E-state index >= 15 is 0 Å². The molecule has 1 unspecified atom stereocenters. The molecular formula is C11H10F2INO3. The van der Waals surface area contributed by atoms with E-state index in [1.807, 2.05) is 0 Å². The maximum absolute atomic E-state index is 13.1. The summed E-state index contributed by atoms with van der Waals surface area (Å²) in [6, 6.07) is 0.605. The number of benzene rings is 1. The van der Waals surface area contributed by atoms with E-state index in [2.05, 4.69) is 0 Å². The molecule has 0 fully saturated rings. The zero-order chi connectivity index (χ0) is 14.0. The number of hydrogen-bond acceptors (Lipinski definition) is 2. The highest BCUT2D eigenvalue weighted by Crippen LogP contribution is 2.19. The third-order valence-electron chi connectivity index (χ3n) is 2.50. The van der Waals surface area contributed by atoms with Crippen LogP contribution in [0.15, 0.2) is 12.1 Å². The van der Waals surface area contributed by atoms with Gasteiger partial charge in [0.05, 0.1) is 5.56 Å². The standard InChI is InChI=1S/C11H10F2INO3/c1-5(11(17)18)15(2)10(16)6-3-7(12)8(13)4-9(6)14/h3-5H,1-2H3,(H,17,18). The number of rotatable bonds is 3. The van der Waals surface area contributed by atoms with Gasteiger partial charge in [0.1, 0.15) is 6.04 Å². The summed E-state index contributed by atoms with van der Waals surface area (Å²) in [6.45, 7) is 1.33. The van der Waals surface area contributed by atoms with Crippen LogP contribution in [0.3, 0.4) is 0 Å². The van der Waals surface area contributed by atoms with Gasteiger partial charge in [-0.25, -0.2) is 13.6 Å². The highest BCUT2D eigenvalue weighted by Gasteiger charge is 2.25. The second kappa shape index (κ2) is 5.59. The highest BCUT2D eigenvalue weighted by molar-refractivity contribution is 14.1. The summed E-state index contributed by atoms with van der Waals surface area (Å²) < 4.78 is 26.2. The van der Waals surface area contributed by atoms with Crippen LogP contribution in [0, 0.1) is 15.2 Å². The fraction of sp³-hybridized carbons (Fsp3) is 0.273. The number of carboxylic acids is 1. The minimum Gasteiger partial charge on any atom is -0.480 e. The number of halogens is 3. The van der Waals surface area contributed by atoms with Crippen LogP contribution in [0.2, 0.25) is 0 Å². The number of hydrogen-bond donors (Lipinski definition) is 1. The zero-order valence-corrected chi connectivity index (χ0v) is 11.7. The Morgan fingerprint density at radius 3 is 2.33 bits per heavy atom. The fourth-order valence-electron chi connectivity index (χ4n) is 1.22. The van der Waals surface area contributed by atoms with E-state index in [4.69, 9.17) is 5.11 Å². The van der Waals surface area contributed by atoms with Gasteiger partial charge in [-0.1, -0.05) is 0 Å². The summed E-state index contributed by atoms with van der Waals surface area (Å²) in [6.07, 6.45) is 0. The van der Waals surface area contributed by atoms with E-state index in [-0.39, 0.29) is 9.13 Å². The second-order valence-electron chi connectivity index (χ2n) is 3.68. The number of carbonyl (C=O) groups is 2. The Morgan fingerprint density at radius 1 is 1.33 bits per heavy atom. The van der Waals surface area contributed by atoms with Crippen LogP contribution in [-0.4, -0.2) is 35.0 Å². The topological polar surface area (TPSA) is 57.6 Å². The van der Waals surface area contributed by atoms with Crippen molar-refractivity contribution in [3.63, 3.8) is 0 Å². The van der Waals surface area contributed by atoms with Crippen LogP contribution in [0.25, 0.3) is 0 Å². The van der Waals surface area contributed by atoms with E-state index < -0.39 is 29.6 Å². The second-order valence-corrected chi connectivity index (χ2v) is 4.84. The third kappa shape index (κ3) is 2.95. The van der Waals surface area contributed by atoms with Gasteiger partial charge in [-0.15, -0.1) is 0 Å². The number of likely N-dealkylation sites (N-methyl/N-ethyl adjacent to an activating group) is 1. The van der Waals surface area contributed by atoms with Gasteiger partial charge in [-0.3, -0.25) is 4.79 Å². The van der Waals surface area contributed by atoms with E-state index in [0.717, 1.165) is 17.0 Å². The van der Waals surface area contributed by atoms with Crippen LogP contribution in [0.5, 0.6) is 0 Å². The van der Waals surface area contributed by atoms with Crippen molar-refractivity contribution in [3.05, 3.63) is 32.9 Å². The van der Waals surface area contributed by atoms with Gasteiger partial charge in [0, 0.05) is 10.6 Å². The Labute approximate surface area is 116 Å². The highest BCUT2D eigenvalue weighted by atomic mass is 127. The molecule has 18 heavy (non-hydrogen) atoms. The van der Waals surface area contributed by atoms with E-state index in [9.17, 15) is 18.4 Å². The molecule has 0 heterocycles. The average molecular weight is 369 g/mol. The van der Waals surface area contributed by atoms with Crippen molar-refractivity contribution in [1.82, 2.24) is 4.90 Å². The predicted octanol–water partition coefficient (Wildman–Crippen LogP) is 2.11. The molecule has 1 rings (SSSR count). The minimum absolute atomic E-state index is 0.0647. The van der Waals surface area contributed by atoms with Crippen molar-refractivity contribution in [3.8, 4) is 0 Å². The van der Waals surface area contributed by atoms with Gasteiger partial charge in [0.15, 0.2) is 11.6 Å². The Balaban J connectivity index is 3.11. The number of nitrogens with zero attached hydrogens (tertiary/aromatic N) is 1. The summed E-state index contributed by atoms with van der Waals surface area (Å²) in [5.41, 5.74) is -0.0647. The van der Waals surface area contributed by atoms with Crippen molar-refractivity contribution >= 4 is 34.5 Å². The molecule has 0 spiro atoms. The molecule has 1 atom stereocenters. The molecule has 0 saturated heterocycles. The van der Waals surface area contributed by atoms with Crippen molar-refractivity contribution < 1.29 is 23.5 Å². The molecule has 1 aromatic carbocycles. The number of carbonyl (C=O) groups excluding carboxylic acids is 1. The zero-order valence-electron chi connectivity index (χ0n) is 9.58. The molecule has 0 aliphatic carbocycles. The quantitative estimate of drug-likeness (QED) is 0.656. The summed E-state index contributed by atoms with van der Waals surface area (Å²) in [4.78, 5) is 23.7. The summed E-state index contributed by atoms with van der Waals surface area (Å²) >= 11 is 1.69. The summed E-state index contributed by atoms with van der Waals surface area (Å²) in [7, 11) is 1.29. The number of amides is 1. The number of carboxylic acid groups (broad SMARTS) is 1. The van der Waals surface area contributed by atoms with Gasteiger partial charge in [0.25, 0.3) is 5.91 Å². The van der Waals surface area contributed by atoms with Gasteiger partial charge < -0.3 is 10.0 Å². The molecule has 0 saturated carbocycles. The van der Waals surface area contributed by atoms with Crippen LogP contribution in [0.4, 0.5) is 8.78 Å². The molecule has 1 amide bonds. The molecule has 0 aliphatic rings. The first-order valence-corrected chi connectivity index (χ1v) is 5.98. The SMILES string of the molecule is CC(C(=O)O)N(C)C(=O)c1cc(F)c(F)cc1I. The lowest BCUT2D eigenvalue weighted by molar-refractivity contribution is -0.141. The van der Waals surface area contributed by atoms with Gasteiger partial charge >= 0.3 is 5.97 Å². The maximum atomic E-state index is 13.1. The van der Waals surface area contributed by atoms with Gasteiger partial charge in [0.2, 0.25) is 0 Å². The van der Waals surface area contributed by atoms with Crippen LogP contribution >= 0.6 is 22.6 Å². The predicted molar refractivity (Wildman–Crippen MR) is 68.3 cm³/mol. The maximum Gasteiger partial charge on any atom is 0.326 e. The molecule has 0 aliphatic heterocycles. The Kier molecular flexibility index (Phi) is 4.60. The van der Waals surface area contributed by atoms with Crippen molar-refractivity contribution in [1.29, 1.82) is 0 Å². The Hall–Kier alpha value is -1.25. The molecule has 4 nitrogen and oxygen atoms in total. The van der Waals surface area contributed by atoms with Crippen molar-refractivity contribution in [2.75, 3.05) is 7.05 Å². The first kappa shape index (κ1) is 14.8. The minimum atomic E-state index is -1.18. The molecule has 98 valence electrons. The molecule has 0 radical (unpaired) electrons. The fourth-order valence-corrected chi connectivity index (χ4v) is 1.88. The van der Waals surface area contributed by atoms with E-state index in [0.29, 0.717) is 0 Å². The largest absolute Gasteiger partial charge is 0.480 e. The van der Waals surface area contributed by atoms with Gasteiger partial charge in [-0.05, 0) is 41.6 Å². The number of aliphatic carboxylic acids is 1. The average Bonchev–Trinajstić information content (AvgIpc) is 2.30. The normalized spacial score (nSPS) is 12.1. The molecular weight excluding hydrogens is 359 g/mol. The molecule has 7 heteroatoms. The van der Waals surface area contributed by atoms with E-state index in [1.54, 1.807) is 22.6 Å². The smallest absolute Gasteiger partial charge is 0.326 e. The van der Waals surface area contributed by atoms with Crippen molar-refractivity contribution in [2.24, 2.45) is 0 Å². The van der Waals surface area contributed by atoms with E-state index in [1.165, 1.54) is 14.0 Å². The molecule has 0 aromatic heterocycles. The monoisotopic (exact) mass is 369 g/mol. The van der Waals surface area contributed by atoms with Crippen molar-refractivity contribution in [2.45, 2.75) is 13.0 Å². The molecule has 1 aromatic rings. The lowest BCUT2D eigenvalue weighted by Gasteiger charge is -2.22. The third-order valence-corrected chi connectivity index (χ3v) is 3.39. The lowest BCUT2D eigenvalue weighted by atomic mass is 10.1. The summed E-state index contributed by atoms with van der Waals surface area (Å²) in [5.74, 6) is -4.04. The summed E-state index contributed by atoms with van der Waals surface area (Å²) in [5, 5.41) is 8.79. The van der Waals surface area contributed by atoms with Crippen LogP contribution in [-0.2, 0) is 4.79 Å².